The molecule has 3 N–H and O–H groups in total. The first-order chi connectivity index (χ1) is 10.2. The zero-order valence-electron chi connectivity index (χ0n) is 11.4. The first-order valence-corrected chi connectivity index (χ1v) is 6.40. The Labute approximate surface area is 123 Å². The molecular weight excluding hydrogens is 301 g/mol. The summed E-state index contributed by atoms with van der Waals surface area (Å²) in [7, 11) is 0. The van der Waals surface area contributed by atoms with Crippen molar-refractivity contribution in [3.8, 4) is 0 Å². The van der Waals surface area contributed by atoms with E-state index < -0.39 is 30.3 Å². The summed E-state index contributed by atoms with van der Waals surface area (Å²) in [6, 6.07) is 1.61. The molecule has 1 aliphatic rings. The first kappa shape index (κ1) is 15.9. The summed E-state index contributed by atoms with van der Waals surface area (Å²) in [4.78, 5) is 24.2. The lowest BCUT2D eigenvalue weighted by atomic mass is 9.99. The number of alkyl halides is 3. The molecule has 9 heteroatoms. The number of Topliss-reactive ketones (excluding diaryl/α,β-unsaturated/α-hetero) is 1. The number of rotatable bonds is 2. The van der Waals surface area contributed by atoms with Gasteiger partial charge < -0.3 is 10.6 Å². The van der Waals surface area contributed by atoms with Crippen LogP contribution in [-0.2, 0) is 4.79 Å². The van der Waals surface area contributed by atoms with Gasteiger partial charge in [-0.3, -0.25) is 9.59 Å². The van der Waals surface area contributed by atoms with Gasteiger partial charge >= 0.3 is 6.18 Å². The molecule has 1 aliphatic heterocycles. The summed E-state index contributed by atoms with van der Waals surface area (Å²) in [6.45, 7) is -0.292. The quantitative estimate of drug-likeness (QED) is 0.648. The lowest BCUT2D eigenvalue weighted by molar-refractivity contribution is -0.185. The number of hydrogen-bond acceptors (Lipinski definition) is 5. The van der Waals surface area contributed by atoms with E-state index in [9.17, 15) is 22.8 Å². The molecule has 0 radical (unpaired) electrons. The van der Waals surface area contributed by atoms with Crippen molar-refractivity contribution in [3.63, 3.8) is 0 Å². The fourth-order valence-electron chi connectivity index (χ4n) is 2.30. The molecule has 1 heterocycles. The molecule has 22 heavy (non-hydrogen) atoms. The molecule has 1 aromatic rings. The average molecular weight is 314 g/mol. The third kappa shape index (κ3) is 3.07. The number of nitrogens with zero attached hydrogens (tertiary/aromatic N) is 2. The van der Waals surface area contributed by atoms with E-state index in [4.69, 9.17) is 11.3 Å². The van der Waals surface area contributed by atoms with Crippen molar-refractivity contribution < 1.29 is 22.8 Å². The van der Waals surface area contributed by atoms with Gasteiger partial charge in [0.1, 0.15) is 17.5 Å². The SMILES string of the molecule is N=Nc1cc(C(=O)N2CCC(=O)CC2C(F)(F)F)ccc1N. The number of halogens is 3. The van der Waals surface area contributed by atoms with Crippen LogP contribution in [0.5, 0.6) is 0 Å². The van der Waals surface area contributed by atoms with Crippen LogP contribution in [0, 0.1) is 5.53 Å². The van der Waals surface area contributed by atoms with E-state index in [0.29, 0.717) is 4.90 Å². The molecule has 1 fully saturated rings. The second-order valence-corrected chi connectivity index (χ2v) is 4.93. The van der Waals surface area contributed by atoms with Gasteiger partial charge in [-0.15, -0.1) is 0 Å². The minimum absolute atomic E-state index is 0.00231. The van der Waals surface area contributed by atoms with Gasteiger partial charge in [0, 0.05) is 24.9 Å². The van der Waals surface area contributed by atoms with Crippen molar-refractivity contribution in [1.29, 1.82) is 5.53 Å². The topological polar surface area (TPSA) is 99.6 Å². The van der Waals surface area contributed by atoms with E-state index in [1.807, 2.05) is 0 Å². The molecule has 118 valence electrons. The molecule has 0 bridgehead atoms. The largest absolute Gasteiger partial charge is 0.409 e. The van der Waals surface area contributed by atoms with E-state index in [1.54, 1.807) is 0 Å². The lowest BCUT2D eigenvalue weighted by Gasteiger charge is -2.36. The Morgan fingerprint density at radius 2 is 2.09 bits per heavy atom. The summed E-state index contributed by atoms with van der Waals surface area (Å²) < 4.78 is 39.1. The van der Waals surface area contributed by atoms with Gasteiger partial charge in [-0.05, 0) is 18.2 Å². The number of nitrogen functional groups attached to an aromatic ring is 1. The highest BCUT2D eigenvalue weighted by Gasteiger charge is 2.48. The summed E-state index contributed by atoms with van der Waals surface area (Å²) in [5.41, 5.74) is 12.6. The molecule has 0 aromatic heterocycles. The van der Waals surface area contributed by atoms with Crippen LogP contribution < -0.4 is 5.73 Å². The standard InChI is InChI=1S/C13H13F3N4O2/c14-13(15,16)11-6-8(21)3-4-20(11)12(22)7-1-2-9(17)10(5-7)19-18/h1-2,5,11,18H,3-4,6,17H2. The molecule has 0 aliphatic carbocycles. The Balaban J connectivity index is 2.34. The second-order valence-electron chi connectivity index (χ2n) is 4.93. The van der Waals surface area contributed by atoms with Gasteiger partial charge in [-0.25, -0.2) is 5.53 Å². The van der Waals surface area contributed by atoms with Gasteiger partial charge in [0.15, 0.2) is 0 Å². The summed E-state index contributed by atoms with van der Waals surface area (Å²) >= 11 is 0. The Hall–Kier alpha value is -2.45. The van der Waals surface area contributed by atoms with Crippen molar-refractivity contribution in [2.45, 2.75) is 25.1 Å². The van der Waals surface area contributed by atoms with Crippen LogP contribution in [-0.4, -0.2) is 35.4 Å². The number of hydrogen-bond donors (Lipinski definition) is 2. The number of carbonyl (C=O) groups excluding carboxylic acids is 2. The van der Waals surface area contributed by atoms with E-state index in [2.05, 4.69) is 5.11 Å². The predicted octanol–water partition coefficient (Wildman–Crippen LogP) is 2.67. The van der Waals surface area contributed by atoms with Crippen molar-refractivity contribution in [2.24, 2.45) is 5.11 Å². The molecule has 0 saturated carbocycles. The van der Waals surface area contributed by atoms with Crippen LogP contribution in [0.4, 0.5) is 24.5 Å². The Kier molecular flexibility index (Phi) is 4.16. The summed E-state index contributed by atoms with van der Waals surface area (Å²) in [5.74, 6) is -1.38. The third-order valence-electron chi connectivity index (χ3n) is 3.47. The highest BCUT2D eigenvalue weighted by atomic mass is 19.4. The van der Waals surface area contributed by atoms with E-state index in [0.717, 1.165) is 6.07 Å². The van der Waals surface area contributed by atoms with Gasteiger partial charge in [0.25, 0.3) is 5.91 Å². The van der Waals surface area contributed by atoms with Gasteiger partial charge in [-0.1, -0.05) is 0 Å². The van der Waals surface area contributed by atoms with Crippen LogP contribution >= 0.6 is 0 Å². The number of carbonyl (C=O) groups is 2. The summed E-state index contributed by atoms with van der Waals surface area (Å²) in [6.07, 6.45) is -5.52. The molecule has 1 saturated heterocycles. The van der Waals surface area contributed by atoms with Gasteiger partial charge in [-0.2, -0.15) is 18.3 Å². The van der Waals surface area contributed by atoms with Crippen LogP contribution in [0.1, 0.15) is 23.2 Å². The molecule has 1 amide bonds. The van der Waals surface area contributed by atoms with Crippen LogP contribution in [0.15, 0.2) is 23.3 Å². The first-order valence-electron chi connectivity index (χ1n) is 6.40. The van der Waals surface area contributed by atoms with E-state index in [-0.39, 0.29) is 29.9 Å². The fourth-order valence-corrected chi connectivity index (χ4v) is 2.30. The van der Waals surface area contributed by atoms with E-state index in [1.165, 1.54) is 12.1 Å². The zero-order valence-corrected chi connectivity index (χ0v) is 11.4. The predicted molar refractivity (Wildman–Crippen MR) is 70.8 cm³/mol. The second kappa shape index (κ2) is 5.74. The highest BCUT2D eigenvalue weighted by Crippen LogP contribution is 2.32. The van der Waals surface area contributed by atoms with Crippen LogP contribution in [0.3, 0.4) is 0 Å². The number of nitrogens with two attached hydrogens (primary N) is 1. The number of likely N-dealkylation sites (tertiary alicyclic amines) is 1. The monoisotopic (exact) mass is 314 g/mol. The van der Waals surface area contributed by atoms with Gasteiger partial charge in [0.05, 0.1) is 5.69 Å². The van der Waals surface area contributed by atoms with Crippen molar-refractivity contribution in [3.05, 3.63) is 23.8 Å². The number of nitrogens with one attached hydrogen (secondary N) is 1. The number of piperidine rings is 1. The van der Waals surface area contributed by atoms with Crippen LogP contribution in [0.25, 0.3) is 0 Å². The zero-order chi connectivity index (χ0) is 16.5. The number of amides is 1. The molecule has 2 rings (SSSR count). The number of ketones is 1. The Morgan fingerprint density at radius 1 is 1.41 bits per heavy atom. The Morgan fingerprint density at radius 3 is 2.68 bits per heavy atom. The fraction of sp³-hybridized carbons (Fsp3) is 0.385. The maximum absolute atomic E-state index is 13.0. The maximum atomic E-state index is 13.0. The Bertz CT molecular complexity index is 630. The average Bonchev–Trinajstić information content (AvgIpc) is 2.46. The molecule has 0 spiro atoms. The van der Waals surface area contributed by atoms with Gasteiger partial charge in [0.2, 0.25) is 0 Å². The minimum atomic E-state index is -4.68. The van der Waals surface area contributed by atoms with E-state index >= 15 is 0 Å². The van der Waals surface area contributed by atoms with Crippen molar-refractivity contribution >= 4 is 23.1 Å². The summed E-state index contributed by atoms with van der Waals surface area (Å²) in [5, 5.41) is 3.12. The molecule has 1 aromatic carbocycles. The molecule has 6 nitrogen and oxygen atoms in total. The smallest absolute Gasteiger partial charge is 0.397 e. The number of anilines is 1. The molecule has 1 atom stereocenters. The third-order valence-corrected chi connectivity index (χ3v) is 3.47. The maximum Gasteiger partial charge on any atom is 0.409 e. The number of benzene rings is 1. The minimum Gasteiger partial charge on any atom is -0.397 e. The molecular formula is C13H13F3N4O2. The normalized spacial score (nSPS) is 19.1. The van der Waals surface area contributed by atoms with Crippen molar-refractivity contribution in [1.82, 2.24) is 4.90 Å². The molecule has 1 unspecified atom stereocenters. The highest BCUT2D eigenvalue weighted by molar-refractivity contribution is 5.97. The van der Waals surface area contributed by atoms with Crippen molar-refractivity contribution in [2.75, 3.05) is 12.3 Å². The lowest BCUT2D eigenvalue weighted by Crippen LogP contribution is -2.53. The van der Waals surface area contributed by atoms with Crippen LogP contribution in [0.2, 0.25) is 0 Å².